The molecule has 0 atom stereocenters. The first-order chi connectivity index (χ1) is 8.15. The van der Waals surface area contributed by atoms with Crippen LogP contribution in [-0.4, -0.2) is 19.5 Å². The van der Waals surface area contributed by atoms with Crippen LogP contribution in [-0.2, 0) is 0 Å². The van der Waals surface area contributed by atoms with Crippen molar-refractivity contribution < 1.29 is 4.92 Å². The van der Waals surface area contributed by atoms with Crippen molar-refractivity contribution in [1.82, 2.24) is 14.6 Å². The molecule has 0 bridgehead atoms. The Hall–Kier alpha value is -2.02. The van der Waals surface area contributed by atoms with Crippen LogP contribution in [0, 0.1) is 10.1 Å². The first-order valence-electron chi connectivity index (χ1n) is 4.73. The predicted octanol–water partition coefficient (Wildman–Crippen LogP) is 2.55. The molecule has 0 unspecified atom stereocenters. The summed E-state index contributed by atoms with van der Waals surface area (Å²) in [4.78, 5) is 14.5. The van der Waals surface area contributed by atoms with Crippen molar-refractivity contribution in [3.8, 4) is 0 Å². The number of halogens is 1. The highest BCUT2D eigenvalue weighted by Crippen LogP contribution is 2.23. The van der Waals surface area contributed by atoms with Crippen LogP contribution in [0.1, 0.15) is 0 Å². The molecule has 0 amide bonds. The lowest BCUT2D eigenvalue weighted by Gasteiger charge is -1.92. The molecule has 0 fully saturated rings. The standard InChI is InChI=1S/C10H5BrN4O2/c11-6-4-12-10-8-3-7(15(16)17)1-2-9(8)13-14(10)5-6/h1-5H. The summed E-state index contributed by atoms with van der Waals surface area (Å²) in [5.41, 5.74) is 1.32. The fourth-order valence-corrected chi connectivity index (χ4v) is 1.98. The van der Waals surface area contributed by atoms with Gasteiger partial charge in [0, 0.05) is 24.5 Å². The molecule has 6 nitrogen and oxygen atoms in total. The van der Waals surface area contributed by atoms with Gasteiger partial charge in [-0.2, -0.15) is 5.10 Å². The van der Waals surface area contributed by atoms with Gasteiger partial charge in [0.1, 0.15) is 0 Å². The summed E-state index contributed by atoms with van der Waals surface area (Å²) in [5, 5.41) is 15.7. The lowest BCUT2D eigenvalue weighted by Crippen LogP contribution is -1.88. The maximum atomic E-state index is 10.7. The maximum Gasteiger partial charge on any atom is 0.270 e. The molecule has 0 aliphatic heterocycles. The lowest BCUT2D eigenvalue weighted by molar-refractivity contribution is -0.384. The highest BCUT2D eigenvalue weighted by Gasteiger charge is 2.11. The van der Waals surface area contributed by atoms with Crippen LogP contribution < -0.4 is 0 Å². The molecule has 1 aromatic carbocycles. The van der Waals surface area contributed by atoms with Crippen molar-refractivity contribution in [3.63, 3.8) is 0 Å². The molecule has 3 rings (SSSR count). The second-order valence-electron chi connectivity index (χ2n) is 3.50. The Kier molecular flexibility index (Phi) is 2.08. The number of nitrogens with zero attached hydrogens (tertiary/aromatic N) is 4. The maximum absolute atomic E-state index is 10.7. The molecule has 7 heteroatoms. The second-order valence-corrected chi connectivity index (χ2v) is 4.41. The van der Waals surface area contributed by atoms with Gasteiger partial charge in [-0.05, 0) is 22.0 Å². The van der Waals surface area contributed by atoms with E-state index in [4.69, 9.17) is 0 Å². The van der Waals surface area contributed by atoms with Crippen LogP contribution >= 0.6 is 15.9 Å². The van der Waals surface area contributed by atoms with E-state index in [9.17, 15) is 10.1 Å². The number of hydrogen-bond acceptors (Lipinski definition) is 4. The van der Waals surface area contributed by atoms with Gasteiger partial charge in [-0.15, -0.1) is 0 Å². The van der Waals surface area contributed by atoms with E-state index < -0.39 is 4.92 Å². The smallest absolute Gasteiger partial charge is 0.258 e. The first kappa shape index (κ1) is 10.2. The fraction of sp³-hybridized carbons (Fsp3) is 0. The molecule has 2 aromatic heterocycles. The average molecular weight is 293 g/mol. The Labute approximate surface area is 103 Å². The average Bonchev–Trinajstić information content (AvgIpc) is 2.64. The van der Waals surface area contributed by atoms with Gasteiger partial charge in [0.25, 0.3) is 5.69 Å². The first-order valence-corrected chi connectivity index (χ1v) is 5.52. The topological polar surface area (TPSA) is 73.3 Å². The van der Waals surface area contributed by atoms with Crippen LogP contribution in [0.5, 0.6) is 0 Å². The second kappa shape index (κ2) is 3.49. The number of benzene rings is 1. The van der Waals surface area contributed by atoms with E-state index in [0.29, 0.717) is 16.6 Å². The quantitative estimate of drug-likeness (QED) is 0.510. The summed E-state index contributed by atoms with van der Waals surface area (Å²) in [7, 11) is 0. The summed E-state index contributed by atoms with van der Waals surface area (Å²) < 4.78 is 2.39. The summed E-state index contributed by atoms with van der Waals surface area (Å²) in [6.07, 6.45) is 3.39. The molecule has 84 valence electrons. The van der Waals surface area contributed by atoms with Crippen LogP contribution in [0.4, 0.5) is 5.69 Å². The Balaban J connectivity index is 2.41. The van der Waals surface area contributed by atoms with Crippen molar-refractivity contribution >= 4 is 38.2 Å². The number of aromatic nitrogens is 3. The molecular formula is C10H5BrN4O2. The van der Waals surface area contributed by atoms with E-state index in [1.54, 1.807) is 23.0 Å². The Morgan fingerprint density at radius 3 is 3.00 bits per heavy atom. The highest BCUT2D eigenvalue weighted by atomic mass is 79.9. The van der Waals surface area contributed by atoms with E-state index in [0.717, 1.165) is 4.47 Å². The molecule has 3 aromatic rings. The number of non-ortho nitro benzene ring substituents is 1. The fourth-order valence-electron chi connectivity index (χ4n) is 1.68. The molecular weight excluding hydrogens is 288 g/mol. The van der Waals surface area contributed by atoms with Gasteiger partial charge in [-0.1, -0.05) is 0 Å². The van der Waals surface area contributed by atoms with Gasteiger partial charge >= 0.3 is 0 Å². The number of hydrogen-bond donors (Lipinski definition) is 0. The van der Waals surface area contributed by atoms with Crippen LogP contribution in [0.15, 0.2) is 35.1 Å². The van der Waals surface area contributed by atoms with E-state index in [-0.39, 0.29) is 5.69 Å². The van der Waals surface area contributed by atoms with Gasteiger partial charge in [0.05, 0.1) is 20.3 Å². The van der Waals surface area contributed by atoms with Crippen molar-refractivity contribution in [2.45, 2.75) is 0 Å². The lowest BCUT2D eigenvalue weighted by atomic mass is 10.2. The van der Waals surface area contributed by atoms with Crippen molar-refractivity contribution in [2.24, 2.45) is 0 Å². The summed E-state index contributed by atoms with van der Waals surface area (Å²) in [6, 6.07) is 4.54. The minimum atomic E-state index is -0.429. The normalized spacial score (nSPS) is 11.1. The third-order valence-corrected chi connectivity index (χ3v) is 2.83. The molecule has 17 heavy (non-hydrogen) atoms. The number of rotatable bonds is 1. The third-order valence-electron chi connectivity index (χ3n) is 2.42. The van der Waals surface area contributed by atoms with Gasteiger partial charge in [0.15, 0.2) is 5.65 Å². The minimum Gasteiger partial charge on any atom is -0.258 e. The Bertz CT molecular complexity index is 752. The molecule has 0 radical (unpaired) electrons. The van der Waals surface area contributed by atoms with Crippen molar-refractivity contribution in [2.75, 3.05) is 0 Å². The van der Waals surface area contributed by atoms with E-state index in [2.05, 4.69) is 26.0 Å². The molecule has 2 heterocycles. The van der Waals surface area contributed by atoms with Gasteiger partial charge in [-0.25, -0.2) is 9.50 Å². The molecule has 0 aliphatic carbocycles. The zero-order chi connectivity index (χ0) is 12.0. The SMILES string of the molecule is O=[N+]([O-])c1ccc2nn3cc(Br)cnc3c2c1. The number of nitro benzene ring substituents is 1. The van der Waals surface area contributed by atoms with Gasteiger partial charge in [0.2, 0.25) is 0 Å². The molecule has 0 saturated carbocycles. The van der Waals surface area contributed by atoms with E-state index >= 15 is 0 Å². The minimum absolute atomic E-state index is 0.0390. The third kappa shape index (κ3) is 1.55. The summed E-state index contributed by atoms with van der Waals surface area (Å²) in [5.74, 6) is 0. The molecule has 0 N–H and O–H groups in total. The largest absolute Gasteiger partial charge is 0.270 e. The van der Waals surface area contributed by atoms with E-state index in [1.807, 2.05) is 0 Å². The monoisotopic (exact) mass is 292 g/mol. The van der Waals surface area contributed by atoms with Crippen LogP contribution in [0.25, 0.3) is 16.6 Å². The zero-order valence-corrected chi connectivity index (χ0v) is 9.96. The predicted molar refractivity (Wildman–Crippen MR) is 64.8 cm³/mol. The van der Waals surface area contributed by atoms with Crippen LogP contribution in [0.3, 0.4) is 0 Å². The van der Waals surface area contributed by atoms with Crippen molar-refractivity contribution in [3.05, 3.63) is 45.2 Å². The summed E-state index contributed by atoms with van der Waals surface area (Å²) in [6.45, 7) is 0. The molecule has 0 saturated heterocycles. The highest BCUT2D eigenvalue weighted by molar-refractivity contribution is 9.10. The van der Waals surface area contributed by atoms with Crippen LogP contribution in [0.2, 0.25) is 0 Å². The summed E-state index contributed by atoms with van der Waals surface area (Å²) >= 11 is 3.30. The zero-order valence-electron chi connectivity index (χ0n) is 8.37. The van der Waals surface area contributed by atoms with Gasteiger partial charge in [-0.3, -0.25) is 10.1 Å². The molecule has 0 spiro atoms. The number of nitro groups is 1. The van der Waals surface area contributed by atoms with Crippen molar-refractivity contribution in [1.29, 1.82) is 0 Å². The number of fused-ring (bicyclic) bond motifs is 3. The molecule has 0 aliphatic rings. The Morgan fingerprint density at radius 2 is 2.24 bits per heavy atom. The van der Waals surface area contributed by atoms with Gasteiger partial charge < -0.3 is 0 Å². The van der Waals surface area contributed by atoms with E-state index in [1.165, 1.54) is 12.1 Å². The Morgan fingerprint density at radius 1 is 1.41 bits per heavy atom.